The van der Waals surface area contributed by atoms with Gasteiger partial charge in [-0.2, -0.15) is 5.26 Å². The van der Waals surface area contributed by atoms with Gasteiger partial charge >= 0.3 is 0 Å². The van der Waals surface area contributed by atoms with Crippen molar-refractivity contribution in [1.82, 2.24) is 0 Å². The summed E-state index contributed by atoms with van der Waals surface area (Å²) in [5.41, 5.74) is 0.875. The lowest BCUT2D eigenvalue weighted by Crippen LogP contribution is -2.52. The van der Waals surface area contributed by atoms with Crippen LogP contribution in [0.15, 0.2) is 83.9 Å². The number of fused-ring (bicyclic) bond motifs is 1. The Hall–Kier alpha value is -3.13. The lowest BCUT2D eigenvalue weighted by Gasteiger charge is -2.43. The van der Waals surface area contributed by atoms with Crippen LogP contribution in [0.3, 0.4) is 0 Å². The number of nitriles is 1. The molecule has 1 atom stereocenters. The van der Waals surface area contributed by atoms with Gasteiger partial charge in [0.05, 0.1) is 5.69 Å². The molecule has 1 aliphatic heterocycles. The summed E-state index contributed by atoms with van der Waals surface area (Å²) >= 11 is 6.01. The van der Waals surface area contributed by atoms with Crippen molar-refractivity contribution in [3.05, 3.63) is 95.0 Å². The highest BCUT2D eigenvalue weighted by molar-refractivity contribution is 6.30. The molecule has 1 unspecified atom stereocenters. The maximum Gasteiger partial charge on any atom is 0.216 e. The van der Waals surface area contributed by atoms with E-state index in [0.29, 0.717) is 27.5 Å². The molecule has 4 nitrogen and oxygen atoms in total. The summed E-state index contributed by atoms with van der Waals surface area (Å²) in [7, 11) is 0. The maximum atomic E-state index is 11.9. The van der Waals surface area contributed by atoms with Crippen LogP contribution in [-0.2, 0) is 5.72 Å². The molecular formula is C21H14ClN3O. The zero-order valence-corrected chi connectivity index (χ0v) is 14.4. The summed E-state index contributed by atoms with van der Waals surface area (Å²) in [6, 6.07) is 25.6. The second-order valence-electron chi connectivity index (χ2n) is 5.91. The molecule has 26 heavy (non-hydrogen) atoms. The topological polar surface area (TPSA) is 59.6 Å². The first kappa shape index (κ1) is 16.3. The second-order valence-corrected chi connectivity index (χ2v) is 6.35. The van der Waals surface area contributed by atoms with Gasteiger partial charge in [0.1, 0.15) is 6.07 Å². The first-order valence-electron chi connectivity index (χ1n) is 8.06. The van der Waals surface area contributed by atoms with Crippen LogP contribution in [0.2, 0.25) is 5.02 Å². The molecule has 0 aliphatic carbocycles. The Kier molecular flexibility index (Phi) is 3.96. The zero-order valence-electron chi connectivity index (χ0n) is 13.7. The Morgan fingerprint density at radius 3 is 2.27 bits per heavy atom. The number of halogens is 1. The van der Waals surface area contributed by atoms with Crippen molar-refractivity contribution >= 4 is 28.8 Å². The molecule has 0 amide bonds. The molecule has 3 aromatic carbocycles. The standard InChI is InChI=1S/C21H14ClN3O/c22-16-10-12-17(13-11-16)25-20(14-23)24-19-9-5-4-8-18(19)21(25,26)15-6-2-1-3-7-15/h1-13,26H. The summed E-state index contributed by atoms with van der Waals surface area (Å²) in [5.74, 6) is 0.109. The molecule has 1 aliphatic rings. The molecule has 0 fully saturated rings. The molecule has 3 aromatic rings. The van der Waals surface area contributed by atoms with E-state index in [2.05, 4.69) is 11.1 Å². The number of aliphatic hydroxyl groups is 1. The van der Waals surface area contributed by atoms with Crippen LogP contribution in [0.5, 0.6) is 0 Å². The highest BCUT2D eigenvalue weighted by Gasteiger charge is 2.45. The first-order chi connectivity index (χ1) is 12.6. The molecule has 0 bridgehead atoms. The normalized spacial score (nSPS) is 18.7. The maximum absolute atomic E-state index is 11.9. The molecule has 4 rings (SSSR count). The van der Waals surface area contributed by atoms with Gasteiger partial charge in [-0.05, 0) is 30.3 Å². The van der Waals surface area contributed by atoms with E-state index in [0.717, 1.165) is 0 Å². The molecule has 5 heteroatoms. The number of hydrogen-bond acceptors (Lipinski definition) is 4. The van der Waals surface area contributed by atoms with Crippen LogP contribution in [0, 0.1) is 11.3 Å². The highest BCUT2D eigenvalue weighted by Crippen LogP contribution is 2.44. The fraction of sp³-hybridized carbons (Fsp3) is 0.0476. The van der Waals surface area contributed by atoms with Crippen LogP contribution >= 0.6 is 11.6 Å². The van der Waals surface area contributed by atoms with Gasteiger partial charge in [0.25, 0.3) is 0 Å². The summed E-state index contributed by atoms with van der Waals surface area (Å²) in [6.45, 7) is 0. The second kappa shape index (κ2) is 6.30. The quantitative estimate of drug-likeness (QED) is 0.727. The minimum atomic E-state index is -1.57. The van der Waals surface area contributed by atoms with E-state index in [1.165, 1.54) is 0 Å². The smallest absolute Gasteiger partial charge is 0.216 e. The van der Waals surface area contributed by atoms with E-state index < -0.39 is 5.72 Å². The Balaban J connectivity index is 2.04. The lowest BCUT2D eigenvalue weighted by atomic mass is 9.89. The summed E-state index contributed by atoms with van der Waals surface area (Å²) in [6.07, 6.45) is 0. The predicted octanol–water partition coefficient (Wildman–Crippen LogP) is 4.61. The van der Waals surface area contributed by atoms with Crippen LogP contribution in [0.1, 0.15) is 11.1 Å². The van der Waals surface area contributed by atoms with E-state index in [1.807, 2.05) is 48.5 Å². The average Bonchev–Trinajstić information content (AvgIpc) is 2.69. The fourth-order valence-corrected chi connectivity index (χ4v) is 3.36. The summed E-state index contributed by atoms with van der Waals surface area (Å²) in [4.78, 5) is 6.00. The largest absolute Gasteiger partial charge is 0.363 e. The molecule has 0 radical (unpaired) electrons. The summed E-state index contributed by atoms with van der Waals surface area (Å²) < 4.78 is 0. The Morgan fingerprint density at radius 2 is 1.58 bits per heavy atom. The van der Waals surface area contributed by atoms with Crippen LogP contribution in [0.4, 0.5) is 11.4 Å². The lowest BCUT2D eigenvalue weighted by molar-refractivity contribution is 0.0904. The SMILES string of the molecule is N#CC1=Nc2ccccc2C(O)(c2ccccc2)N1c1ccc(Cl)cc1. The minimum absolute atomic E-state index is 0.109. The molecular weight excluding hydrogens is 346 g/mol. The Morgan fingerprint density at radius 1 is 0.923 bits per heavy atom. The Labute approximate surface area is 156 Å². The monoisotopic (exact) mass is 359 g/mol. The molecule has 1 N–H and O–H groups in total. The van der Waals surface area contributed by atoms with Crippen molar-refractivity contribution < 1.29 is 5.11 Å². The van der Waals surface area contributed by atoms with Gasteiger partial charge in [0.2, 0.25) is 5.84 Å². The third kappa shape index (κ3) is 2.46. The number of para-hydroxylation sites is 1. The van der Waals surface area contributed by atoms with Crippen molar-refractivity contribution in [2.45, 2.75) is 5.72 Å². The average molecular weight is 360 g/mol. The van der Waals surface area contributed by atoms with E-state index in [-0.39, 0.29) is 5.84 Å². The molecule has 0 aromatic heterocycles. The van der Waals surface area contributed by atoms with Gasteiger partial charge in [-0.25, -0.2) is 4.99 Å². The van der Waals surface area contributed by atoms with Crippen molar-refractivity contribution in [3.63, 3.8) is 0 Å². The van der Waals surface area contributed by atoms with Gasteiger partial charge < -0.3 is 5.11 Å². The van der Waals surface area contributed by atoms with E-state index in [9.17, 15) is 10.4 Å². The van der Waals surface area contributed by atoms with Gasteiger partial charge in [0.15, 0.2) is 5.72 Å². The molecule has 0 spiro atoms. The van der Waals surface area contributed by atoms with Gasteiger partial charge in [0, 0.05) is 21.8 Å². The van der Waals surface area contributed by atoms with Crippen LogP contribution < -0.4 is 4.90 Å². The number of aliphatic imine (C=N–C) groups is 1. The van der Waals surface area contributed by atoms with Gasteiger partial charge in [-0.15, -0.1) is 0 Å². The first-order valence-corrected chi connectivity index (χ1v) is 8.44. The summed E-state index contributed by atoms with van der Waals surface area (Å²) in [5, 5.41) is 22.2. The van der Waals surface area contributed by atoms with Crippen molar-refractivity contribution in [2.24, 2.45) is 4.99 Å². The van der Waals surface area contributed by atoms with Crippen molar-refractivity contribution in [1.29, 1.82) is 5.26 Å². The zero-order chi connectivity index (χ0) is 18.1. The van der Waals surface area contributed by atoms with E-state index in [4.69, 9.17) is 11.6 Å². The molecule has 1 heterocycles. The predicted molar refractivity (Wildman–Crippen MR) is 103 cm³/mol. The molecule has 126 valence electrons. The highest BCUT2D eigenvalue weighted by atomic mass is 35.5. The third-order valence-electron chi connectivity index (χ3n) is 4.40. The van der Waals surface area contributed by atoms with Crippen molar-refractivity contribution in [3.8, 4) is 6.07 Å². The number of anilines is 1. The van der Waals surface area contributed by atoms with Crippen molar-refractivity contribution in [2.75, 3.05) is 4.90 Å². The number of benzene rings is 3. The number of rotatable bonds is 2. The number of amidine groups is 1. The molecule has 0 saturated carbocycles. The van der Waals surface area contributed by atoms with Gasteiger partial charge in [-0.3, -0.25) is 4.90 Å². The number of nitrogens with zero attached hydrogens (tertiary/aromatic N) is 3. The minimum Gasteiger partial charge on any atom is -0.363 e. The Bertz CT molecular complexity index is 1030. The van der Waals surface area contributed by atoms with E-state index >= 15 is 0 Å². The van der Waals surface area contributed by atoms with Crippen LogP contribution in [-0.4, -0.2) is 10.9 Å². The fourth-order valence-electron chi connectivity index (χ4n) is 3.23. The van der Waals surface area contributed by atoms with E-state index in [1.54, 1.807) is 35.2 Å². The van der Waals surface area contributed by atoms with Crippen LogP contribution in [0.25, 0.3) is 0 Å². The third-order valence-corrected chi connectivity index (χ3v) is 4.65. The molecule has 0 saturated heterocycles. The van der Waals surface area contributed by atoms with Gasteiger partial charge in [-0.1, -0.05) is 60.1 Å². The number of hydrogen-bond donors (Lipinski definition) is 1.